The first-order valence-corrected chi connectivity index (χ1v) is 5.39. The molecule has 0 saturated carbocycles. The van der Waals surface area contributed by atoms with Crippen LogP contribution in [0.2, 0.25) is 0 Å². The van der Waals surface area contributed by atoms with Gasteiger partial charge in [0.15, 0.2) is 0 Å². The fourth-order valence-electron chi connectivity index (χ4n) is 1.69. The Morgan fingerprint density at radius 3 is 2.20 bits per heavy atom. The van der Waals surface area contributed by atoms with Crippen LogP contribution in [-0.2, 0) is 14.3 Å². The Kier molecular flexibility index (Phi) is 6.67. The van der Waals surface area contributed by atoms with Gasteiger partial charge in [0.1, 0.15) is 12.9 Å². The first-order chi connectivity index (χ1) is 7.14. The van der Waals surface area contributed by atoms with E-state index in [9.17, 15) is 9.59 Å². The summed E-state index contributed by atoms with van der Waals surface area (Å²) in [5.74, 6) is -0.464. The number of aldehydes is 1. The molecule has 0 aliphatic rings. The maximum Gasteiger partial charge on any atom is 0.330 e. The van der Waals surface area contributed by atoms with Crippen LogP contribution in [0.5, 0.6) is 0 Å². The molecule has 0 aliphatic carbocycles. The van der Waals surface area contributed by atoms with Crippen molar-refractivity contribution in [2.24, 2.45) is 5.41 Å². The van der Waals surface area contributed by atoms with E-state index in [0.29, 0.717) is 0 Å². The van der Waals surface area contributed by atoms with Gasteiger partial charge in [0, 0.05) is 6.08 Å². The second-order valence-corrected chi connectivity index (χ2v) is 3.79. The minimum absolute atomic E-state index is 0.170. The van der Waals surface area contributed by atoms with Crippen LogP contribution < -0.4 is 0 Å². The van der Waals surface area contributed by atoms with Gasteiger partial charge in [0.2, 0.25) is 0 Å². The van der Waals surface area contributed by atoms with Gasteiger partial charge in [-0.05, 0) is 12.8 Å². The Morgan fingerprint density at radius 1 is 1.33 bits per heavy atom. The van der Waals surface area contributed by atoms with Gasteiger partial charge in [-0.1, -0.05) is 33.3 Å². The molecule has 0 atom stereocenters. The SMILES string of the molecule is C=CC(=O)OCC(C=O)(CCC)CCC. The van der Waals surface area contributed by atoms with E-state index in [1.165, 1.54) is 0 Å². The Morgan fingerprint density at radius 2 is 1.87 bits per heavy atom. The zero-order valence-electron chi connectivity index (χ0n) is 9.62. The molecular weight excluding hydrogens is 192 g/mol. The van der Waals surface area contributed by atoms with Crippen molar-refractivity contribution in [1.82, 2.24) is 0 Å². The molecule has 0 aromatic heterocycles. The summed E-state index contributed by atoms with van der Waals surface area (Å²) < 4.78 is 4.96. The molecule has 0 fully saturated rings. The minimum Gasteiger partial charge on any atom is -0.461 e. The van der Waals surface area contributed by atoms with E-state index in [1.54, 1.807) is 0 Å². The number of esters is 1. The predicted octanol–water partition coefficient (Wildman–Crippen LogP) is 2.50. The monoisotopic (exact) mass is 212 g/mol. The summed E-state index contributed by atoms with van der Waals surface area (Å²) in [6, 6.07) is 0. The van der Waals surface area contributed by atoms with Crippen molar-refractivity contribution >= 4 is 12.3 Å². The summed E-state index contributed by atoms with van der Waals surface area (Å²) in [4.78, 5) is 22.0. The standard InChI is InChI=1S/C12H20O3/c1-4-7-12(9-13,8-5-2)10-15-11(14)6-3/h6,9H,3-5,7-8,10H2,1-2H3. The molecule has 3 heteroatoms. The average Bonchev–Trinajstić information content (AvgIpc) is 2.26. The van der Waals surface area contributed by atoms with Crippen LogP contribution >= 0.6 is 0 Å². The molecule has 0 radical (unpaired) electrons. The quantitative estimate of drug-likeness (QED) is 0.353. The molecule has 0 aliphatic heterocycles. The summed E-state index contributed by atoms with van der Waals surface area (Å²) in [6.45, 7) is 7.52. The molecule has 0 N–H and O–H groups in total. The highest BCUT2D eigenvalue weighted by Gasteiger charge is 2.29. The van der Waals surface area contributed by atoms with Crippen molar-refractivity contribution in [3.63, 3.8) is 0 Å². The molecule has 0 aromatic rings. The molecule has 0 saturated heterocycles. The zero-order chi connectivity index (χ0) is 11.7. The number of carbonyl (C=O) groups excluding carboxylic acids is 2. The van der Waals surface area contributed by atoms with E-state index in [4.69, 9.17) is 4.74 Å². The van der Waals surface area contributed by atoms with Crippen LogP contribution in [0.4, 0.5) is 0 Å². The lowest BCUT2D eigenvalue weighted by molar-refractivity contribution is -0.143. The number of ether oxygens (including phenoxy) is 1. The van der Waals surface area contributed by atoms with Gasteiger partial charge in [-0.15, -0.1) is 0 Å². The normalized spacial score (nSPS) is 10.8. The first kappa shape index (κ1) is 13.9. The third-order valence-electron chi connectivity index (χ3n) is 2.41. The van der Waals surface area contributed by atoms with E-state index in [1.807, 2.05) is 13.8 Å². The first-order valence-electron chi connectivity index (χ1n) is 5.39. The van der Waals surface area contributed by atoms with Crippen LogP contribution in [-0.4, -0.2) is 18.9 Å². The van der Waals surface area contributed by atoms with Crippen LogP contribution in [0.15, 0.2) is 12.7 Å². The molecule has 0 bridgehead atoms. The number of rotatable bonds is 8. The number of carbonyl (C=O) groups is 2. The fraction of sp³-hybridized carbons (Fsp3) is 0.667. The van der Waals surface area contributed by atoms with Crippen molar-refractivity contribution in [3.8, 4) is 0 Å². The van der Waals surface area contributed by atoms with Crippen LogP contribution in [0, 0.1) is 5.41 Å². The van der Waals surface area contributed by atoms with Gasteiger partial charge in [-0.25, -0.2) is 4.79 Å². The molecule has 3 nitrogen and oxygen atoms in total. The van der Waals surface area contributed by atoms with Crippen molar-refractivity contribution in [1.29, 1.82) is 0 Å². The largest absolute Gasteiger partial charge is 0.461 e. The van der Waals surface area contributed by atoms with Gasteiger partial charge in [-0.2, -0.15) is 0 Å². The summed E-state index contributed by atoms with van der Waals surface area (Å²) in [6.07, 6.45) is 5.38. The molecule has 0 aromatic carbocycles. The fourth-order valence-corrected chi connectivity index (χ4v) is 1.69. The van der Waals surface area contributed by atoms with Crippen molar-refractivity contribution < 1.29 is 14.3 Å². The highest BCUT2D eigenvalue weighted by atomic mass is 16.5. The van der Waals surface area contributed by atoms with Crippen molar-refractivity contribution in [2.45, 2.75) is 39.5 Å². The lowest BCUT2D eigenvalue weighted by Crippen LogP contribution is -2.29. The van der Waals surface area contributed by atoms with Crippen LogP contribution in [0.1, 0.15) is 39.5 Å². The molecule has 0 amide bonds. The molecule has 0 spiro atoms. The predicted molar refractivity (Wildman–Crippen MR) is 59.5 cm³/mol. The summed E-state index contributed by atoms with van der Waals surface area (Å²) in [5, 5.41) is 0. The van der Waals surface area contributed by atoms with Crippen molar-refractivity contribution in [3.05, 3.63) is 12.7 Å². The number of hydrogen-bond acceptors (Lipinski definition) is 3. The summed E-state index contributed by atoms with van der Waals surface area (Å²) in [5.41, 5.74) is -0.498. The summed E-state index contributed by atoms with van der Waals surface area (Å²) >= 11 is 0. The maximum absolute atomic E-state index is 11.1. The Bertz CT molecular complexity index is 215. The van der Waals surface area contributed by atoms with Gasteiger partial charge in [0.05, 0.1) is 5.41 Å². The molecule has 0 heterocycles. The third kappa shape index (κ3) is 4.77. The molecular formula is C12H20O3. The Balaban J connectivity index is 4.38. The zero-order valence-corrected chi connectivity index (χ0v) is 9.62. The Labute approximate surface area is 91.5 Å². The van der Waals surface area contributed by atoms with Crippen LogP contribution in [0.25, 0.3) is 0 Å². The summed E-state index contributed by atoms with van der Waals surface area (Å²) in [7, 11) is 0. The topological polar surface area (TPSA) is 43.4 Å². The molecule has 0 unspecified atom stereocenters. The lowest BCUT2D eigenvalue weighted by Gasteiger charge is -2.26. The van der Waals surface area contributed by atoms with E-state index in [0.717, 1.165) is 38.0 Å². The highest BCUT2D eigenvalue weighted by Crippen LogP contribution is 2.27. The van der Waals surface area contributed by atoms with E-state index in [-0.39, 0.29) is 6.61 Å². The highest BCUT2D eigenvalue weighted by molar-refractivity contribution is 5.81. The Hall–Kier alpha value is -1.12. The van der Waals surface area contributed by atoms with Gasteiger partial charge >= 0.3 is 5.97 Å². The average molecular weight is 212 g/mol. The molecule has 0 rings (SSSR count). The molecule has 86 valence electrons. The third-order valence-corrected chi connectivity index (χ3v) is 2.41. The van der Waals surface area contributed by atoms with Gasteiger partial charge in [-0.3, -0.25) is 0 Å². The van der Waals surface area contributed by atoms with E-state index >= 15 is 0 Å². The van der Waals surface area contributed by atoms with E-state index in [2.05, 4.69) is 6.58 Å². The van der Waals surface area contributed by atoms with Gasteiger partial charge < -0.3 is 9.53 Å². The second kappa shape index (κ2) is 7.21. The maximum atomic E-state index is 11.1. The number of hydrogen-bond donors (Lipinski definition) is 0. The second-order valence-electron chi connectivity index (χ2n) is 3.79. The van der Waals surface area contributed by atoms with Crippen LogP contribution in [0.3, 0.4) is 0 Å². The van der Waals surface area contributed by atoms with E-state index < -0.39 is 11.4 Å². The van der Waals surface area contributed by atoms with Crippen molar-refractivity contribution in [2.75, 3.05) is 6.61 Å². The smallest absolute Gasteiger partial charge is 0.330 e. The molecule has 15 heavy (non-hydrogen) atoms. The minimum atomic E-state index is -0.498. The van der Waals surface area contributed by atoms with Gasteiger partial charge in [0.25, 0.3) is 0 Å². The lowest BCUT2D eigenvalue weighted by atomic mass is 9.81.